The highest BCUT2D eigenvalue weighted by Crippen LogP contribution is 2.44. The van der Waals surface area contributed by atoms with Crippen LogP contribution in [0.5, 0.6) is 0 Å². The second-order valence-corrected chi connectivity index (χ2v) is 10.6. The molecule has 0 aliphatic carbocycles. The Bertz CT molecular complexity index is 1000. The molecule has 3 aliphatic rings. The van der Waals surface area contributed by atoms with E-state index in [0.717, 1.165) is 0 Å². The highest BCUT2D eigenvalue weighted by molar-refractivity contribution is 7.89. The van der Waals surface area contributed by atoms with Crippen molar-refractivity contribution < 1.29 is 13.2 Å². The number of amides is 1. The van der Waals surface area contributed by atoms with Gasteiger partial charge in [-0.15, -0.1) is 0 Å². The van der Waals surface area contributed by atoms with Crippen LogP contribution in [0.2, 0.25) is 0 Å². The largest absolute Gasteiger partial charge is 0.340 e. The number of likely N-dealkylation sites (tertiary alicyclic amines) is 1. The highest BCUT2D eigenvalue weighted by atomic mass is 32.2. The molecule has 9 heteroatoms. The Balaban J connectivity index is 1.37. The molecule has 0 saturated carbocycles. The minimum atomic E-state index is -3.59. The van der Waals surface area contributed by atoms with E-state index in [1.54, 1.807) is 4.90 Å². The summed E-state index contributed by atoms with van der Waals surface area (Å²) < 4.78 is 27.3. The Morgan fingerprint density at radius 3 is 2.13 bits per heavy atom. The summed E-state index contributed by atoms with van der Waals surface area (Å²) in [7, 11) is -3.59. The maximum Gasteiger partial charge on any atom is 0.243 e. The van der Waals surface area contributed by atoms with Crippen molar-refractivity contribution in [3.05, 3.63) is 29.8 Å². The molecule has 0 radical (unpaired) electrons. The van der Waals surface area contributed by atoms with Crippen LogP contribution in [0.15, 0.2) is 29.2 Å². The fourth-order valence-electron chi connectivity index (χ4n) is 4.80. The summed E-state index contributed by atoms with van der Waals surface area (Å²) in [5.41, 5.74) is -0.530. The summed E-state index contributed by atoms with van der Waals surface area (Å²) in [6.07, 6.45) is 2.49. The number of nitriles is 2. The van der Waals surface area contributed by atoms with Crippen LogP contribution in [0.25, 0.3) is 0 Å². The van der Waals surface area contributed by atoms with Gasteiger partial charge in [-0.05, 0) is 63.0 Å². The number of rotatable bonds is 3. The highest BCUT2D eigenvalue weighted by Gasteiger charge is 2.52. The van der Waals surface area contributed by atoms with Gasteiger partial charge in [-0.1, -0.05) is 0 Å². The molecular weight excluding hydrogens is 402 g/mol. The summed E-state index contributed by atoms with van der Waals surface area (Å²) in [5, 5.41) is 21.7. The predicted molar refractivity (Wildman–Crippen MR) is 108 cm³/mol. The predicted octanol–water partition coefficient (Wildman–Crippen LogP) is 1.06. The lowest BCUT2D eigenvalue weighted by atomic mass is 9.70. The summed E-state index contributed by atoms with van der Waals surface area (Å²) in [4.78, 5) is 15.0. The van der Waals surface area contributed by atoms with Gasteiger partial charge in [0, 0.05) is 31.6 Å². The minimum absolute atomic E-state index is 0.0457. The fourth-order valence-corrected chi connectivity index (χ4v) is 6.25. The molecule has 1 aromatic rings. The monoisotopic (exact) mass is 427 g/mol. The van der Waals surface area contributed by atoms with Crippen LogP contribution in [0.4, 0.5) is 0 Å². The molecule has 0 atom stereocenters. The lowest BCUT2D eigenvalue weighted by Crippen LogP contribution is -2.65. The second kappa shape index (κ2) is 7.66. The Kier molecular flexibility index (Phi) is 5.31. The summed E-state index contributed by atoms with van der Waals surface area (Å²) in [5.74, 6) is -0.0650. The molecule has 30 heavy (non-hydrogen) atoms. The maximum atomic E-state index is 13.0. The van der Waals surface area contributed by atoms with Gasteiger partial charge in [0.1, 0.15) is 5.41 Å². The Hall–Kier alpha value is -2.46. The number of benzene rings is 1. The number of carbonyl (C=O) groups is 1. The van der Waals surface area contributed by atoms with Gasteiger partial charge in [0.15, 0.2) is 0 Å². The number of nitrogens with one attached hydrogen (secondary N) is 1. The van der Waals surface area contributed by atoms with Crippen LogP contribution < -0.4 is 5.32 Å². The third-order valence-electron chi connectivity index (χ3n) is 6.82. The molecule has 0 aromatic heterocycles. The Morgan fingerprint density at radius 1 is 1.00 bits per heavy atom. The van der Waals surface area contributed by atoms with Crippen LogP contribution in [0, 0.1) is 33.5 Å². The second-order valence-electron chi connectivity index (χ2n) is 8.65. The lowest BCUT2D eigenvalue weighted by Gasteiger charge is -2.55. The summed E-state index contributed by atoms with van der Waals surface area (Å²) >= 11 is 0. The Labute approximate surface area is 177 Å². The van der Waals surface area contributed by atoms with Gasteiger partial charge in [-0.25, -0.2) is 8.42 Å². The van der Waals surface area contributed by atoms with Crippen LogP contribution in [-0.4, -0.2) is 62.8 Å². The molecule has 3 heterocycles. The first kappa shape index (κ1) is 20.8. The quantitative estimate of drug-likeness (QED) is 0.771. The average Bonchev–Trinajstić information content (AvgIpc) is 2.77. The molecule has 4 rings (SSSR count). The third-order valence-corrected chi connectivity index (χ3v) is 8.74. The van der Waals surface area contributed by atoms with E-state index in [-0.39, 0.29) is 16.2 Å². The van der Waals surface area contributed by atoms with E-state index in [4.69, 9.17) is 5.26 Å². The molecule has 3 fully saturated rings. The molecule has 0 bridgehead atoms. The van der Waals surface area contributed by atoms with Crippen molar-refractivity contribution in [3.63, 3.8) is 0 Å². The van der Waals surface area contributed by atoms with E-state index in [2.05, 4.69) is 11.4 Å². The normalized spacial score (nSPS) is 23.2. The third kappa shape index (κ3) is 3.47. The molecular formula is C21H25N5O3S. The summed E-state index contributed by atoms with van der Waals surface area (Å²) in [6, 6.07) is 10.2. The fraction of sp³-hybridized carbons (Fsp3) is 0.571. The molecule has 158 valence electrons. The van der Waals surface area contributed by atoms with Crippen molar-refractivity contribution in [3.8, 4) is 12.1 Å². The van der Waals surface area contributed by atoms with Crippen molar-refractivity contribution in [1.82, 2.24) is 14.5 Å². The van der Waals surface area contributed by atoms with Gasteiger partial charge < -0.3 is 10.2 Å². The topological polar surface area (TPSA) is 117 Å². The van der Waals surface area contributed by atoms with E-state index in [9.17, 15) is 18.5 Å². The van der Waals surface area contributed by atoms with Crippen molar-refractivity contribution in [2.24, 2.45) is 10.8 Å². The number of hydrogen-bond acceptors (Lipinski definition) is 6. The van der Waals surface area contributed by atoms with Gasteiger partial charge >= 0.3 is 0 Å². The van der Waals surface area contributed by atoms with Gasteiger partial charge in [0.25, 0.3) is 0 Å². The van der Waals surface area contributed by atoms with E-state index in [1.807, 2.05) is 6.07 Å². The molecule has 1 spiro atoms. The molecule has 8 nitrogen and oxygen atoms in total. The van der Waals surface area contributed by atoms with Gasteiger partial charge in [0.2, 0.25) is 15.9 Å². The van der Waals surface area contributed by atoms with Gasteiger partial charge in [-0.2, -0.15) is 14.8 Å². The smallest absolute Gasteiger partial charge is 0.243 e. The maximum absolute atomic E-state index is 13.0. The van der Waals surface area contributed by atoms with Crippen molar-refractivity contribution in [2.45, 2.75) is 30.6 Å². The standard InChI is InChI=1S/C21H25N5O3S/c22-13-17-1-3-18(4-2-17)30(28,29)26-11-7-20(8-12-26)15-25(16-20)19(27)21(14-23)5-9-24-10-6-21/h1-4,24H,5-12,15-16H2. The molecule has 1 amide bonds. The lowest BCUT2D eigenvalue weighted by molar-refractivity contribution is -0.155. The van der Waals surface area contributed by atoms with E-state index in [0.29, 0.717) is 70.5 Å². The summed E-state index contributed by atoms with van der Waals surface area (Å²) in [6.45, 7) is 3.40. The number of sulfonamides is 1. The van der Waals surface area contributed by atoms with Crippen molar-refractivity contribution in [1.29, 1.82) is 10.5 Å². The SMILES string of the molecule is N#Cc1ccc(S(=O)(=O)N2CCC3(CC2)CN(C(=O)C2(C#N)CCNCC2)C3)cc1. The van der Waals surface area contributed by atoms with Crippen LogP contribution in [-0.2, 0) is 14.8 Å². The average molecular weight is 428 g/mol. The first-order valence-corrected chi connectivity index (χ1v) is 11.7. The number of nitrogens with zero attached hydrogens (tertiary/aromatic N) is 4. The Morgan fingerprint density at radius 2 is 1.60 bits per heavy atom. The van der Waals surface area contributed by atoms with Crippen molar-refractivity contribution >= 4 is 15.9 Å². The molecule has 0 unspecified atom stereocenters. The zero-order valence-electron chi connectivity index (χ0n) is 16.8. The first-order chi connectivity index (χ1) is 14.3. The molecule has 1 N–H and O–H groups in total. The number of hydrogen-bond donors (Lipinski definition) is 1. The van der Waals surface area contributed by atoms with E-state index < -0.39 is 15.4 Å². The zero-order valence-corrected chi connectivity index (χ0v) is 17.6. The van der Waals surface area contributed by atoms with Gasteiger partial charge in [-0.3, -0.25) is 4.79 Å². The van der Waals surface area contributed by atoms with Crippen LogP contribution in [0.1, 0.15) is 31.2 Å². The van der Waals surface area contributed by atoms with Crippen LogP contribution in [0.3, 0.4) is 0 Å². The van der Waals surface area contributed by atoms with Crippen molar-refractivity contribution in [2.75, 3.05) is 39.3 Å². The number of piperidine rings is 2. The minimum Gasteiger partial charge on any atom is -0.340 e. The van der Waals surface area contributed by atoms with Crippen LogP contribution >= 0.6 is 0 Å². The van der Waals surface area contributed by atoms with E-state index >= 15 is 0 Å². The van der Waals surface area contributed by atoms with Gasteiger partial charge in [0.05, 0.1) is 22.6 Å². The van der Waals surface area contributed by atoms with E-state index in [1.165, 1.54) is 28.6 Å². The zero-order chi connectivity index (χ0) is 21.4. The molecule has 1 aromatic carbocycles. The molecule has 3 aliphatic heterocycles. The molecule has 3 saturated heterocycles. The number of carbonyl (C=O) groups excluding carboxylic acids is 1. The first-order valence-electron chi connectivity index (χ1n) is 10.3.